The van der Waals surface area contributed by atoms with Crippen molar-refractivity contribution in [1.82, 2.24) is 0 Å². The van der Waals surface area contributed by atoms with Gasteiger partial charge in [-0.1, -0.05) is 6.07 Å². The number of ether oxygens (including phenoxy) is 3. The number of hydrogen-bond donors (Lipinski definition) is 0. The Hall–Kier alpha value is -3.15. The second-order valence-corrected chi connectivity index (χ2v) is 4.96. The van der Waals surface area contributed by atoms with Gasteiger partial charge in [0.25, 0.3) is 0 Å². The first-order valence-electron chi connectivity index (χ1n) is 6.87. The van der Waals surface area contributed by atoms with E-state index in [4.69, 9.17) is 14.2 Å². The molecule has 0 atom stereocenters. The van der Waals surface area contributed by atoms with Crippen LogP contribution in [0, 0.1) is 5.82 Å². The molecular formula is C17H10FNO4. The molecule has 2 aromatic rings. The zero-order valence-electron chi connectivity index (χ0n) is 11.8. The molecule has 0 saturated heterocycles. The molecule has 23 heavy (non-hydrogen) atoms. The number of nitrogens with zero attached hydrogens (tertiary/aromatic N) is 1. The van der Waals surface area contributed by atoms with Gasteiger partial charge in [-0.05, 0) is 48.0 Å². The Morgan fingerprint density at radius 1 is 1.04 bits per heavy atom. The molecule has 0 N–H and O–H groups in total. The van der Waals surface area contributed by atoms with Gasteiger partial charge in [0.15, 0.2) is 17.2 Å². The minimum Gasteiger partial charge on any atom is -0.454 e. The van der Waals surface area contributed by atoms with E-state index in [1.165, 1.54) is 24.3 Å². The molecule has 5 nitrogen and oxygen atoms in total. The van der Waals surface area contributed by atoms with Crippen LogP contribution in [0.3, 0.4) is 0 Å². The highest BCUT2D eigenvalue weighted by Gasteiger charge is 2.24. The van der Waals surface area contributed by atoms with Gasteiger partial charge in [-0.25, -0.2) is 14.2 Å². The Labute approximate surface area is 130 Å². The summed E-state index contributed by atoms with van der Waals surface area (Å²) in [6.07, 6.45) is 1.60. The van der Waals surface area contributed by atoms with Crippen molar-refractivity contribution >= 4 is 17.9 Å². The highest BCUT2D eigenvalue weighted by Crippen LogP contribution is 2.33. The lowest BCUT2D eigenvalue weighted by Gasteiger charge is -1.98. The summed E-state index contributed by atoms with van der Waals surface area (Å²) >= 11 is 0. The molecule has 4 rings (SSSR count). The fraction of sp³-hybridized carbons (Fsp3) is 0.0588. The maximum atomic E-state index is 12.9. The predicted molar refractivity (Wildman–Crippen MR) is 79.6 cm³/mol. The van der Waals surface area contributed by atoms with E-state index in [9.17, 15) is 9.18 Å². The monoisotopic (exact) mass is 311 g/mol. The highest BCUT2D eigenvalue weighted by molar-refractivity contribution is 6.12. The van der Waals surface area contributed by atoms with Crippen molar-refractivity contribution in [3.8, 4) is 11.5 Å². The molecule has 2 aromatic carbocycles. The molecule has 114 valence electrons. The van der Waals surface area contributed by atoms with Crippen LogP contribution in [-0.4, -0.2) is 18.7 Å². The zero-order chi connectivity index (χ0) is 15.8. The average Bonchev–Trinajstić information content (AvgIpc) is 3.15. The van der Waals surface area contributed by atoms with Gasteiger partial charge in [0.05, 0.1) is 0 Å². The number of hydrogen-bond acceptors (Lipinski definition) is 5. The van der Waals surface area contributed by atoms with Crippen LogP contribution < -0.4 is 9.47 Å². The zero-order valence-corrected chi connectivity index (χ0v) is 11.8. The van der Waals surface area contributed by atoms with Crippen LogP contribution in [-0.2, 0) is 9.53 Å². The molecule has 0 bridgehead atoms. The summed E-state index contributed by atoms with van der Waals surface area (Å²) in [5.41, 5.74) is 1.45. The molecular weight excluding hydrogens is 301 g/mol. The largest absolute Gasteiger partial charge is 0.454 e. The van der Waals surface area contributed by atoms with E-state index >= 15 is 0 Å². The van der Waals surface area contributed by atoms with Crippen LogP contribution in [0.1, 0.15) is 11.1 Å². The van der Waals surface area contributed by atoms with Crippen molar-refractivity contribution in [3.63, 3.8) is 0 Å². The number of carbonyl (C=O) groups excluding carboxylic acids is 1. The van der Waals surface area contributed by atoms with Gasteiger partial charge in [-0.2, -0.15) is 0 Å². The number of fused-ring (bicyclic) bond motifs is 1. The lowest BCUT2D eigenvalue weighted by Crippen LogP contribution is -2.05. The number of rotatable bonds is 2. The smallest absolute Gasteiger partial charge is 0.363 e. The third-order valence-electron chi connectivity index (χ3n) is 3.41. The Morgan fingerprint density at radius 2 is 1.83 bits per heavy atom. The standard InChI is InChI=1S/C17H10FNO4/c18-12-4-2-11(3-5-12)16-19-13(17(20)23-16)7-10-1-6-14-15(8-10)22-9-21-14/h1-8H,9H2/b13-7+. The van der Waals surface area contributed by atoms with Gasteiger partial charge in [0, 0.05) is 5.56 Å². The number of carbonyl (C=O) groups is 1. The Morgan fingerprint density at radius 3 is 2.65 bits per heavy atom. The number of benzene rings is 2. The fourth-order valence-corrected chi connectivity index (χ4v) is 2.29. The van der Waals surface area contributed by atoms with E-state index in [1.54, 1.807) is 24.3 Å². The Bertz CT molecular complexity index is 855. The second kappa shape index (κ2) is 5.24. The molecule has 6 heteroatoms. The summed E-state index contributed by atoms with van der Waals surface area (Å²) in [6, 6.07) is 10.9. The van der Waals surface area contributed by atoms with Crippen LogP contribution in [0.5, 0.6) is 11.5 Å². The molecule has 0 unspecified atom stereocenters. The molecule has 0 saturated carbocycles. The molecule has 0 fully saturated rings. The normalized spacial score (nSPS) is 17.3. The maximum absolute atomic E-state index is 12.9. The lowest BCUT2D eigenvalue weighted by molar-refractivity contribution is -0.129. The van der Waals surface area contributed by atoms with Gasteiger partial charge in [-0.15, -0.1) is 0 Å². The number of halogens is 1. The van der Waals surface area contributed by atoms with E-state index in [0.717, 1.165) is 5.56 Å². The first-order valence-corrected chi connectivity index (χ1v) is 6.87. The molecule has 0 aliphatic carbocycles. The van der Waals surface area contributed by atoms with Crippen molar-refractivity contribution in [3.05, 3.63) is 65.1 Å². The fourth-order valence-electron chi connectivity index (χ4n) is 2.29. The van der Waals surface area contributed by atoms with Gasteiger partial charge in [-0.3, -0.25) is 0 Å². The summed E-state index contributed by atoms with van der Waals surface area (Å²) < 4.78 is 28.6. The SMILES string of the molecule is O=C1OC(c2ccc(F)cc2)=N/C1=C/c1ccc2c(c1)OCO2. The lowest BCUT2D eigenvalue weighted by atomic mass is 10.1. The summed E-state index contributed by atoms with van der Waals surface area (Å²) in [5.74, 6) is 0.517. The van der Waals surface area contributed by atoms with Crippen LogP contribution in [0.15, 0.2) is 53.2 Å². The van der Waals surface area contributed by atoms with Crippen LogP contribution >= 0.6 is 0 Å². The molecule has 2 aliphatic rings. The average molecular weight is 311 g/mol. The first-order chi connectivity index (χ1) is 11.2. The molecule has 0 aromatic heterocycles. The van der Waals surface area contributed by atoms with E-state index in [2.05, 4.69) is 4.99 Å². The van der Waals surface area contributed by atoms with Crippen LogP contribution in [0.2, 0.25) is 0 Å². The highest BCUT2D eigenvalue weighted by atomic mass is 19.1. The summed E-state index contributed by atoms with van der Waals surface area (Å²) in [5, 5.41) is 0. The van der Waals surface area contributed by atoms with Crippen molar-refractivity contribution in [1.29, 1.82) is 0 Å². The van der Waals surface area contributed by atoms with Crippen molar-refractivity contribution < 1.29 is 23.4 Å². The first kappa shape index (κ1) is 13.5. The van der Waals surface area contributed by atoms with E-state index in [-0.39, 0.29) is 24.2 Å². The van der Waals surface area contributed by atoms with Crippen molar-refractivity contribution in [2.75, 3.05) is 6.79 Å². The molecule has 2 heterocycles. The molecule has 2 aliphatic heterocycles. The Balaban J connectivity index is 1.65. The van der Waals surface area contributed by atoms with E-state index < -0.39 is 5.97 Å². The Kier molecular flexibility index (Phi) is 3.08. The van der Waals surface area contributed by atoms with E-state index in [0.29, 0.717) is 17.1 Å². The molecule has 0 radical (unpaired) electrons. The quantitative estimate of drug-likeness (QED) is 0.632. The van der Waals surface area contributed by atoms with Crippen molar-refractivity contribution in [2.24, 2.45) is 4.99 Å². The van der Waals surface area contributed by atoms with E-state index in [1.807, 2.05) is 0 Å². The van der Waals surface area contributed by atoms with Crippen LogP contribution in [0.25, 0.3) is 6.08 Å². The summed E-state index contributed by atoms with van der Waals surface area (Å²) in [4.78, 5) is 16.1. The minimum atomic E-state index is -0.554. The third-order valence-corrected chi connectivity index (χ3v) is 3.41. The maximum Gasteiger partial charge on any atom is 0.363 e. The number of cyclic esters (lactones) is 1. The second-order valence-electron chi connectivity index (χ2n) is 4.96. The third kappa shape index (κ3) is 2.55. The number of aliphatic imine (C=N–C) groups is 1. The van der Waals surface area contributed by atoms with Gasteiger partial charge in [0.2, 0.25) is 12.7 Å². The predicted octanol–water partition coefficient (Wildman–Crippen LogP) is 2.90. The van der Waals surface area contributed by atoms with Crippen molar-refractivity contribution in [2.45, 2.75) is 0 Å². The number of esters is 1. The topological polar surface area (TPSA) is 57.1 Å². The van der Waals surface area contributed by atoms with Gasteiger partial charge < -0.3 is 14.2 Å². The molecule has 0 spiro atoms. The van der Waals surface area contributed by atoms with Gasteiger partial charge in [0.1, 0.15) is 5.82 Å². The molecule has 0 amide bonds. The summed E-state index contributed by atoms with van der Waals surface area (Å²) in [7, 11) is 0. The minimum absolute atomic E-state index is 0.155. The summed E-state index contributed by atoms with van der Waals surface area (Å²) in [6.45, 7) is 0.185. The van der Waals surface area contributed by atoms with Crippen LogP contribution in [0.4, 0.5) is 4.39 Å². The van der Waals surface area contributed by atoms with Gasteiger partial charge >= 0.3 is 5.97 Å².